The molecule has 2 unspecified atom stereocenters. The van der Waals surface area contributed by atoms with Crippen molar-refractivity contribution in [2.75, 3.05) is 0 Å². The van der Waals surface area contributed by atoms with Crippen molar-refractivity contribution in [2.24, 2.45) is 5.73 Å². The molecule has 1 aromatic carbocycles. The van der Waals surface area contributed by atoms with Crippen LogP contribution in [0.2, 0.25) is 0 Å². The predicted molar refractivity (Wildman–Crippen MR) is 67.7 cm³/mol. The Morgan fingerprint density at radius 2 is 2.12 bits per heavy atom. The minimum atomic E-state index is 0.0505. The molecule has 3 nitrogen and oxygen atoms in total. The van der Waals surface area contributed by atoms with Crippen molar-refractivity contribution in [1.29, 1.82) is 0 Å². The maximum Gasteiger partial charge on any atom is 0.0951 e. The Balaban J connectivity index is 1.83. The number of nitrogens with zero attached hydrogens (tertiary/aromatic N) is 2. The zero-order chi connectivity index (χ0) is 11.8. The van der Waals surface area contributed by atoms with Crippen LogP contribution in [-0.4, -0.2) is 9.55 Å². The van der Waals surface area contributed by atoms with Gasteiger partial charge in [0.2, 0.25) is 0 Å². The Kier molecular flexibility index (Phi) is 2.48. The standard InChI is InChI=1S/C14H17N3/c1-10(15)14-8-16-9-17(14)13-7-12(13)11-5-3-2-4-6-11/h2-6,8-10,12-13H,7,15H2,1H3/t10-,12?,13?/m0/s1. The van der Waals surface area contributed by atoms with E-state index in [1.807, 2.05) is 19.4 Å². The van der Waals surface area contributed by atoms with Crippen molar-refractivity contribution in [2.45, 2.75) is 31.3 Å². The molecule has 0 aliphatic heterocycles. The van der Waals surface area contributed by atoms with E-state index in [0.29, 0.717) is 12.0 Å². The van der Waals surface area contributed by atoms with Gasteiger partial charge in [-0.15, -0.1) is 0 Å². The van der Waals surface area contributed by atoms with Crippen molar-refractivity contribution in [3.63, 3.8) is 0 Å². The van der Waals surface area contributed by atoms with Crippen molar-refractivity contribution in [3.05, 3.63) is 54.1 Å². The van der Waals surface area contributed by atoms with Crippen LogP contribution in [0.15, 0.2) is 42.9 Å². The molecule has 1 aliphatic carbocycles. The highest BCUT2D eigenvalue weighted by atomic mass is 15.1. The monoisotopic (exact) mass is 227 g/mol. The highest BCUT2D eigenvalue weighted by Gasteiger charge is 2.40. The van der Waals surface area contributed by atoms with Gasteiger partial charge in [0.1, 0.15) is 0 Å². The minimum absolute atomic E-state index is 0.0505. The summed E-state index contributed by atoms with van der Waals surface area (Å²) >= 11 is 0. The first-order chi connectivity index (χ1) is 8.27. The van der Waals surface area contributed by atoms with Gasteiger partial charge in [0, 0.05) is 24.2 Å². The third-order valence-electron chi connectivity index (χ3n) is 3.50. The van der Waals surface area contributed by atoms with E-state index in [0.717, 1.165) is 5.69 Å². The van der Waals surface area contributed by atoms with E-state index in [-0.39, 0.29) is 6.04 Å². The molecule has 1 aromatic heterocycles. The molecule has 3 atom stereocenters. The molecular formula is C14H17N3. The van der Waals surface area contributed by atoms with Crippen LogP contribution < -0.4 is 5.73 Å². The normalized spacial score (nSPS) is 24.6. The zero-order valence-electron chi connectivity index (χ0n) is 9.95. The second-order valence-electron chi connectivity index (χ2n) is 4.83. The van der Waals surface area contributed by atoms with Crippen LogP contribution in [0.3, 0.4) is 0 Å². The van der Waals surface area contributed by atoms with Crippen molar-refractivity contribution in [1.82, 2.24) is 9.55 Å². The Morgan fingerprint density at radius 3 is 2.82 bits per heavy atom. The van der Waals surface area contributed by atoms with E-state index in [9.17, 15) is 0 Å². The first-order valence-corrected chi connectivity index (χ1v) is 6.09. The summed E-state index contributed by atoms with van der Waals surface area (Å²) in [5.74, 6) is 0.628. The summed E-state index contributed by atoms with van der Waals surface area (Å²) in [4.78, 5) is 4.22. The van der Waals surface area contributed by atoms with Gasteiger partial charge >= 0.3 is 0 Å². The summed E-state index contributed by atoms with van der Waals surface area (Å²) in [7, 11) is 0. The second-order valence-corrected chi connectivity index (χ2v) is 4.83. The van der Waals surface area contributed by atoms with E-state index in [1.165, 1.54) is 12.0 Å². The quantitative estimate of drug-likeness (QED) is 0.876. The molecule has 0 spiro atoms. The number of nitrogens with two attached hydrogens (primary N) is 1. The van der Waals surface area contributed by atoms with Gasteiger partial charge in [0.25, 0.3) is 0 Å². The zero-order valence-corrected chi connectivity index (χ0v) is 9.95. The molecule has 1 saturated carbocycles. The van der Waals surface area contributed by atoms with Gasteiger partial charge in [-0.2, -0.15) is 0 Å². The molecule has 0 saturated heterocycles. The maximum absolute atomic E-state index is 5.95. The van der Waals surface area contributed by atoms with Crippen LogP contribution in [0.25, 0.3) is 0 Å². The molecule has 88 valence electrons. The lowest BCUT2D eigenvalue weighted by Gasteiger charge is -2.10. The molecule has 1 heterocycles. The summed E-state index contributed by atoms with van der Waals surface area (Å²) in [5.41, 5.74) is 8.50. The lowest BCUT2D eigenvalue weighted by atomic mass is 10.1. The largest absolute Gasteiger partial charge is 0.329 e. The fourth-order valence-corrected chi connectivity index (χ4v) is 2.49. The van der Waals surface area contributed by atoms with E-state index in [2.05, 4.69) is 39.9 Å². The topological polar surface area (TPSA) is 43.8 Å². The number of rotatable bonds is 3. The van der Waals surface area contributed by atoms with Crippen LogP contribution in [-0.2, 0) is 0 Å². The highest BCUT2D eigenvalue weighted by molar-refractivity contribution is 5.28. The smallest absolute Gasteiger partial charge is 0.0951 e. The molecule has 3 heteroatoms. The van der Waals surface area contributed by atoms with Gasteiger partial charge in [-0.3, -0.25) is 0 Å². The molecule has 0 bridgehead atoms. The van der Waals surface area contributed by atoms with E-state index in [1.54, 1.807) is 0 Å². The lowest BCUT2D eigenvalue weighted by molar-refractivity contribution is 0.632. The number of aromatic nitrogens is 2. The van der Waals surface area contributed by atoms with Crippen molar-refractivity contribution >= 4 is 0 Å². The van der Waals surface area contributed by atoms with E-state index in [4.69, 9.17) is 5.73 Å². The summed E-state index contributed by atoms with van der Waals surface area (Å²) in [6.45, 7) is 2.01. The lowest BCUT2D eigenvalue weighted by Crippen LogP contribution is -2.11. The number of benzene rings is 1. The van der Waals surface area contributed by atoms with Crippen LogP contribution in [0.4, 0.5) is 0 Å². The highest BCUT2D eigenvalue weighted by Crippen LogP contribution is 2.51. The van der Waals surface area contributed by atoms with Crippen molar-refractivity contribution in [3.8, 4) is 0 Å². The van der Waals surface area contributed by atoms with Gasteiger partial charge in [0.05, 0.1) is 12.0 Å². The molecule has 0 amide bonds. The Hall–Kier alpha value is -1.61. The van der Waals surface area contributed by atoms with E-state index >= 15 is 0 Å². The molecule has 1 fully saturated rings. The Bertz CT molecular complexity index is 501. The molecule has 1 aliphatic rings. The average molecular weight is 227 g/mol. The SMILES string of the molecule is C[C@H](N)c1cncn1C1CC1c1ccccc1. The van der Waals surface area contributed by atoms with Crippen LogP contribution in [0, 0.1) is 0 Å². The van der Waals surface area contributed by atoms with Gasteiger partial charge < -0.3 is 10.3 Å². The summed E-state index contributed by atoms with van der Waals surface area (Å²) in [5, 5.41) is 0. The van der Waals surface area contributed by atoms with Gasteiger partial charge in [-0.05, 0) is 18.9 Å². The molecular weight excluding hydrogens is 210 g/mol. The van der Waals surface area contributed by atoms with Crippen LogP contribution in [0.5, 0.6) is 0 Å². The molecule has 3 rings (SSSR count). The molecule has 2 N–H and O–H groups in total. The number of imidazole rings is 1. The predicted octanol–water partition coefficient (Wildman–Crippen LogP) is 2.63. The van der Waals surface area contributed by atoms with Crippen molar-refractivity contribution < 1.29 is 0 Å². The molecule has 17 heavy (non-hydrogen) atoms. The van der Waals surface area contributed by atoms with Gasteiger partial charge in [-0.1, -0.05) is 30.3 Å². The van der Waals surface area contributed by atoms with Crippen LogP contribution >= 0.6 is 0 Å². The molecule has 2 aromatic rings. The van der Waals surface area contributed by atoms with E-state index < -0.39 is 0 Å². The third kappa shape index (κ3) is 1.87. The second kappa shape index (κ2) is 4.00. The number of hydrogen-bond acceptors (Lipinski definition) is 2. The summed E-state index contributed by atoms with van der Waals surface area (Å²) < 4.78 is 2.24. The van der Waals surface area contributed by atoms with Gasteiger partial charge in [-0.25, -0.2) is 4.98 Å². The van der Waals surface area contributed by atoms with Crippen LogP contribution in [0.1, 0.15) is 42.6 Å². The summed E-state index contributed by atoms with van der Waals surface area (Å²) in [6, 6.07) is 11.3. The maximum atomic E-state index is 5.95. The third-order valence-corrected chi connectivity index (χ3v) is 3.50. The molecule has 0 radical (unpaired) electrons. The first-order valence-electron chi connectivity index (χ1n) is 6.09. The fraction of sp³-hybridized carbons (Fsp3) is 0.357. The van der Waals surface area contributed by atoms with Gasteiger partial charge in [0.15, 0.2) is 0 Å². The average Bonchev–Trinajstić information content (AvgIpc) is 2.99. The fourth-order valence-electron chi connectivity index (χ4n) is 2.49. The Labute approximate surface area is 101 Å². The first kappa shape index (κ1) is 10.5. The minimum Gasteiger partial charge on any atom is -0.329 e. The summed E-state index contributed by atoms with van der Waals surface area (Å²) in [6.07, 6.45) is 4.98. The number of hydrogen-bond donors (Lipinski definition) is 1. The Morgan fingerprint density at radius 1 is 1.35 bits per heavy atom.